The molecule has 0 aromatic heterocycles. The Bertz CT molecular complexity index is 478. The lowest BCUT2D eigenvalue weighted by Crippen LogP contribution is -2.45. The SMILES string of the molecule is COCC[C@H]1OO[C@]2(C)[C@H]1CCN2c1ccc(OC)cc1. The first kappa shape index (κ1) is 14.6. The Balaban J connectivity index is 1.76. The number of rotatable bonds is 5. The minimum atomic E-state index is -0.396. The molecular formula is C16H23NO4. The van der Waals surface area contributed by atoms with Crippen molar-refractivity contribution in [2.24, 2.45) is 5.92 Å². The molecule has 2 fully saturated rings. The Morgan fingerprint density at radius 2 is 2.05 bits per heavy atom. The Hall–Kier alpha value is -1.30. The highest BCUT2D eigenvalue weighted by Crippen LogP contribution is 2.47. The molecule has 0 radical (unpaired) electrons. The van der Waals surface area contributed by atoms with Crippen molar-refractivity contribution in [1.29, 1.82) is 0 Å². The zero-order chi connectivity index (χ0) is 14.9. The molecule has 0 amide bonds. The third kappa shape index (κ3) is 2.50. The Kier molecular flexibility index (Phi) is 4.06. The van der Waals surface area contributed by atoms with Crippen LogP contribution in [0.1, 0.15) is 19.8 Å². The highest BCUT2D eigenvalue weighted by molar-refractivity contribution is 5.52. The van der Waals surface area contributed by atoms with E-state index in [1.54, 1.807) is 14.2 Å². The van der Waals surface area contributed by atoms with Crippen LogP contribution in [0.2, 0.25) is 0 Å². The summed E-state index contributed by atoms with van der Waals surface area (Å²) in [6.07, 6.45) is 2.04. The van der Waals surface area contributed by atoms with E-state index in [9.17, 15) is 0 Å². The van der Waals surface area contributed by atoms with E-state index >= 15 is 0 Å². The normalized spacial score (nSPS) is 31.5. The van der Waals surface area contributed by atoms with E-state index in [-0.39, 0.29) is 6.10 Å². The van der Waals surface area contributed by atoms with Crippen molar-refractivity contribution >= 4 is 5.69 Å². The second kappa shape index (κ2) is 5.83. The molecule has 5 heteroatoms. The van der Waals surface area contributed by atoms with E-state index in [1.807, 2.05) is 12.1 Å². The van der Waals surface area contributed by atoms with E-state index in [0.717, 1.165) is 30.8 Å². The fraction of sp³-hybridized carbons (Fsp3) is 0.625. The summed E-state index contributed by atoms with van der Waals surface area (Å²) in [6.45, 7) is 3.78. The van der Waals surface area contributed by atoms with Gasteiger partial charge in [-0.15, -0.1) is 0 Å². The molecule has 21 heavy (non-hydrogen) atoms. The van der Waals surface area contributed by atoms with Crippen molar-refractivity contribution < 1.29 is 19.2 Å². The Morgan fingerprint density at radius 3 is 2.71 bits per heavy atom. The van der Waals surface area contributed by atoms with Gasteiger partial charge in [-0.1, -0.05) is 0 Å². The molecule has 3 atom stereocenters. The third-order valence-corrected chi connectivity index (χ3v) is 4.67. The largest absolute Gasteiger partial charge is 0.497 e. The standard InChI is InChI=1S/C16H23NO4/c1-16-14(15(20-21-16)9-11-18-2)8-10-17(16)12-4-6-13(19-3)7-5-12/h4-7,14-15H,8-11H2,1-3H3/t14-,15+,16+/m0/s1. The van der Waals surface area contributed by atoms with Crippen molar-refractivity contribution in [1.82, 2.24) is 0 Å². The molecule has 0 aliphatic carbocycles. The van der Waals surface area contributed by atoms with Crippen LogP contribution >= 0.6 is 0 Å². The number of hydrogen-bond donors (Lipinski definition) is 0. The zero-order valence-electron chi connectivity index (χ0n) is 12.9. The van der Waals surface area contributed by atoms with E-state index in [0.29, 0.717) is 12.5 Å². The van der Waals surface area contributed by atoms with Gasteiger partial charge in [0, 0.05) is 38.3 Å². The van der Waals surface area contributed by atoms with Gasteiger partial charge >= 0.3 is 0 Å². The summed E-state index contributed by atoms with van der Waals surface area (Å²) in [5.74, 6) is 1.23. The topological polar surface area (TPSA) is 40.2 Å². The maximum atomic E-state index is 5.74. The molecule has 1 aromatic rings. The number of ether oxygens (including phenoxy) is 2. The average molecular weight is 293 g/mol. The molecule has 1 aromatic carbocycles. The molecule has 2 heterocycles. The van der Waals surface area contributed by atoms with E-state index < -0.39 is 5.72 Å². The molecule has 5 nitrogen and oxygen atoms in total. The maximum Gasteiger partial charge on any atom is 0.178 e. The van der Waals surface area contributed by atoms with Crippen molar-refractivity contribution in [3.8, 4) is 5.75 Å². The van der Waals surface area contributed by atoms with Gasteiger partial charge in [0.05, 0.1) is 7.11 Å². The van der Waals surface area contributed by atoms with Crippen LogP contribution < -0.4 is 9.64 Å². The van der Waals surface area contributed by atoms with Crippen LogP contribution in [0.15, 0.2) is 24.3 Å². The van der Waals surface area contributed by atoms with Crippen molar-refractivity contribution in [2.75, 3.05) is 32.3 Å². The van der Waals surface area contributed by atoms with Gasteiger partial charge in [-0.3, -0.25) is 0 Å². The summed E-state index contributed by atoms with van der Waals surface area (Å²) in [5, 5.41) is 0. The Labute approximate surface area is 125 Å². The van der Waals surface area contributed by atoms with Gasteiger partial charge < -0.3 is 14.4 Å². The number of hydrogen-bond acceptors (Lipinski definition) is 5. The van der Waals surface area contributed by atoms with Crippen LogP contribution in [0.5, 0.6) is 5.75 Å². The van der Waals surface area contributed by atoms with E-state index in [2.05, 4.69) is 24.0 Å². The summed E-state index contributed by atoms with van der Waals surface area (Å²) in [6, 6.07) is 8.09. The summed E-state index contributed by atoms with van der Waals surface area (Å²) in [5.41, 5.74) is 0.740. The van der Waals surface area contributed by atoms with Crippen molar-refractivity contribution in [2.45, 2.75) is 31.6 Å². The molecule has 3 rings (SSSR count). The van der Waals surface area contributed by atoms with Crippen LogP contribution in [0.3, 0.4) is 0 Å². The minimum absolute atomic E-state index is 0.109. The predicted octanol–water partition coefficient (Wildman–Crippen LogP) is 2.60. The smallest absolute Gasteiger partial charge is 0.178 e. The summed E-state index contributed by atoms with van der Waals surface area (Å²) < 4.78 is 10.4. The molecule has 0 unspecified atom stereocenters. The van der Waals surface area contributed by atoms with E-state index in [1.165, 1.54) is 0 Å². The number of anilines is 1. The summed E-state index contributed by atoms with van der Waals surface area (Å²) >= 11 is 0. The van der Waals surface area contributed by atoms with Crippen LogP contribution in [0, 0.1) is 5.92 Å². The second-order valence-corrected chi connectivity index (χ2v) is 5.80. The lowest BCUT2D eigenvalue weighted by molar-refractivity contribution is -0.322. The number of nitrogens with zero attached hydrogens (tertiary/aromatic N) is 1. The van der Waals surface area contributed by atoms with Gasteiger partial charge in [0.15, 0.2) is 5.72 Å². The molecule has 0 saturated carbocycles. The van der Waals surface area contributed by atoms with Gasteiger partial charge in [0.1, 0.15) is 11.9 Å². The first-order valence-electron chi connectivity index (χ1n) is 7.44. The molecule has 2 aliphatic rings. The van der Waals surface area contributed by atoms with Gasteiger partial charge in [0.25, 0.3) is 0 Å². The fourth-order valence-corrected chi connectivity index (χ4v) is 3.45. The highest BCUT2D eigenvalue weighted by Gasteiger charge is 2.56. The van der Waals surface area contributed by atoms with Gasteiger partial charge in [-0.25, -0.2) is 9.78 Å². The molecular weight excluding hydrogens is 270 g/mol. The molecule has 0 spiro atoms. The van der Waals surface area contributed by atoms with Crippen LogP contribution in [0.4, 0.5) is 5.69 Å². The van der Waals surface area contributed by atoms with Crippen molar-refractivity contribution in [3.05, 3.63) is 24.3 Å². The Morgan fingerprint density at radius 1 is 1.29 bits per heavy atom. The summed E-state index contributed by atoms with van der Waals surface area (Å²) in [4.78, 5) is 13.6. The molecule has 2 aliphatic heterocycles. The minimum Gasteiger partial charge on any atom is -0.497 e. The first-order chi connectivity index (χ1) is 10.2. The zero-order valence-corrected chi connectivity index (χ0v) is 12.9. The second-order valence-electron chi connectivity index (χ2n) is 5.80. The maximum absolute atomic E-state index is 5.74. The van der Waals surface area contributed by atoms with Crippen LogP contribution in [0.25, 0.3) is 0 Å². The molecule has 0 N–H and O–H groups in total. The molecule has 0 bridgehead atoms. The quantitative estimate of drug-likeness (QED) is 0.780. The van der Waals surface area contributed by atoms with Gasteiger partial charge in [0.2, 0.25) is 0 Å². The number of benzene rings is 1. The van der Waals surface area contributed by atoms with Crippen LogP contribution in [-0.4, -0.2) is 39.2 Å². The van der Waals surface area contributed by atoms with E-state index in [4.69, 9.17) is 19.2 Å². The molecule has 116 valence electrons. The number of methoxy groups -OCH3 is 2. The summed E-state index contributed by atoms with van der Waals surface area (Å²) in [7, 11) is 3.39. The predicted molar refractivity (Wildman–Crippen MR) is 79.3 cm³/mol. The molecule has 2 saturated heterocycles. The average Bonchev–Trinajstić information content (AvgIpc) is 3.00. The highest BCUT2D eigenvalue weighted by atomic mass is 17.2. The van der Waals surface area contributed by atoms with Gasteiger partial charge in [-0.05, 0) is 37.6 Å². The van der Waals surface area contributed by atoms with Gasteiger partial charge in [-0.2, -0.15) is 0 Å². The van der Waals surface area contributed by atoms with Crippen LogP contribution in [-0.2, 0) is 14.5 Å². The fourth-order valence-electron chi connectivity index (χ4n) is 3.45. The van der Waals surface area contributed by atoms with Crippen molar-refractivity contribution in [3.63, 3.8) is 0 Å². The lowest BCUT2D eigenvalue weighted by Gasteiger charge is -2.33. The monoisotopic (exact) mass is 293 g/mol. The lowest BCUT2D eigenvalue weighted by atomic mass is 9.91. The number of fused-ring (bicyclic) bond motifs is 1. The third-order valence-electron chi connectivity index (χ3n) is 4.67. The first-order valence-corrected chi connectivity index (χ1v) is 7.44.